The molecule has 1 fully saturated rings. The molecular formula is C10H18O2. The summed E-state index contributed by atoms with van der Waals surface area (Å²) < 4.78 is 4.98. The summed E-state index contributed by atoms with van der Waals surface area (Å²) in [6.45, 7) is 0.787. The van der Waals surface area contributed by atoms with E-state index < -0.39 is 0 Å². The fraction of sp³-hybridized carbons (Fsp3) is 0.900. The number of rotatable bonds is 5. The maximum atomic E-state index is 10.9. The van der Waals surface area contributed by atoms with Crippen LogP contribution in [-0.4, -0.2) is 20.0 Å². The molecule has 70 valence electrons. The van der Waals surface area contributed by atoms with Gasteiger partial charge in [0.15, 0.2) is 0 Å². The van der Waals surface area contributed by atoms with Crippen molar-refractivity contribution in [2.24, 2.45) is 5.41 Å². The second-order valence-electron chi connectivity index (χ2n) is 3.78. The molecule has 0 aromatic heterocycles. The van der Waals surface area contributed by atoms with Crippen molar-refractivity contribution in [3.8, 4) is 0 Å². The number of carbonyl (C=O) groups excluding carboxylic acids is 1. The Morgan fingerprint density at radius 2 is 2.08 bits per heavy atom. The van der Waals surface area contributed by atoms with E-state index in [1.165, 1.54) is 19.1 Å². The minimum Gasteiger partial charge on any atom is -0.385 e. The lowest BCUT2D eigenvalue weighted by molar-refractivity contribution is -0.116. The summed E-state index contributed by atoms with van der Waals surface area (Å²) in [5.41, 5.74) is 0.0263. The van der Waals surface area contributed by atoms with Crippen LogP contribution in [0.5, 0.6) is 0 Å². The molecule has 1 aliphatic rings. The lowest BCUT2D eigenvalue weighted by atomic mass is 9.83. The standard InChI is InChI=1S/C10H18O2/c1-12-8-4-7-10(9-11)5-2-3-6-10/h9H,2-8H2,1H3. The molecule has 0 aromatic rings. The zero-order valence-corrected chi connectivity index (χ0v) is 7.84. The van der Waals surface area contributed by atoms with E-state index in [1.54, 1.807) is 7.11 Å². The summed E-state index contributed by atoms with van der Waals surface area (Å²) in [6.07, 6.45) is 7.87. The van der Waals surface area contributed by atoms with Gasteiger partial charge in [0.25, 0.3) is 0 Å². The number of carbonyl (C=O) groups is 1. The van der Waals surface area contributed by atoms with Crippen LogP contribution in [0.4, 0.5) is 0 Å². The highest BCUT2D eigenvalue weighted by atomic mass is 16.5. The maximum Gasteiger partial charge on any atom is 0.126 e. The van der Waals surface area contributed by atoms with Crippen molar-refractivity contribution in [2.75, 3.05) is 13.7 Å². The van der Waals surface area contributed by atoms with Gasteiger partial charge in [0, 0.05) is 19.1 Å². The molecule has 0 aromatic carbocycles. The SMILES string of the molecule is COCCCC1(C=O)CCCC1. The average molecular weight is 170 g/mol. The second-order valence-corrected chi connectivity index (χ2v) is 3.78. The summed E-state index contributed by atoms with van der Waals surface area (Å²) in [5, 5.41) is 0. The van der Waals surface area contributed by atoms with Gasteiger partial charge in [-0.15, -0.1) is 0 Å². The van der Waals surface area contributed by atoms with Crippen LogP contribution in [0.1, 0.15) is 38.5 Å². The van der Waals surface area contributed by atoms with Gasteiger partial charge in [-0.2, -0.15) is 0 Å². The molecule has 0 heterocycles. The van der Waals surface area contributed by atoms with E-state index in [9.17, 15) is 4.79 Å². The Morgan fingerprint density at radius 3 is 2.58 bits per heavy atom. The summed E-state index contributed by atoms with van der Waals surface area (Å²) in [4.78, 5) is 10.9. The van der Waals surface area contributed by atoms with E-state index in [0.717, 1.165) is 32.3 Å². The first-order chi connectivity index (χ1) is 5.83. The van der Waals surface area contributed by atoms with Gasteiger partial charge in [-0.25, -0.2) is 0 Å². The number of methoxy groups -OCH3 is 1. The molecule has 1 saturated carbocycles. The topological polar surface area (TPSA) is 26.3 Å². The zero-order chi connectivity index (χ0) is 8.86. The largest absolute Gasteiger partial charge is 0.385 e. The lowest BCUT2D eigenvalue weighted by Gasteiger charge is -2.20. The molecule has 0 amide bonds. The first kappa shape index (κ1) is 9.72. The van der Waals surface area contributed by atoms with Gasteiger partial charge in [0.05, 0.1) is 0 Å². The Morgan fingerprint density at radius 1 is 1.42 bits per heavy atom. The molecule has 0 atom stereocenters. The Hall–Kier alpha value is -0.370. The molecule has 2 nitrogen and oxygen atoms in total. The molecule has 0 aliphatic heterocycles. The minimum atomic E-state index is 0.0263. The van der Waals surface area contributed by atoms with Gasteiger partial charge in [-0.3, -0.25) is 0 Å². The molecule has 0 N–H and O–H groups in total. The van der Waals surface area contributed by atoms with Crippen molar-refractivity contribution in [3.05, 3.63) is 0 Å². The molecule has 1 aliphatic carbocycles. The quantitative estimate of drug-likeness (QED) is 0.467. The van der Waals surface area contributed by atoms with Gasteiger partial charge in [-0.05, 0) is 25.7 Å². The summed E-state index contributed by atoms with van der Waals surface area (Å²) in [7, 11) is 1.71. The highest BCUT2D eigenvalue weighted by Crippen LogP contribution is 2.39. The van der Waals surface area contributed by atoms with Crippen LogP contribution in [0.25, 0.3) is 0 Å². The number of hydrogen-bond donors (Lipinski definition) is 0. The molecule has 0 radical (unpaired) electrons. The van der Waals surface area contributed by atoms with E-state index in [0.29, 0.717) is 0 Å². The van der Waals surface area contributed by atoms with E-state index in [4.69, 9.17) is 4.74 Å². The van der Waals surface area contributed by atoms with Crippen molar-refractivity contribution in [1.82, 2.24) is 0 Å². The van der Waals surface area contributed by atoms with Crippen LogP contribution in [0.3, 0.4) is 0 Å². The predicted molar refractivity (Wildman–Crippen MR) is 48.1 cm³/mol. The maximum absolute atomic E-state index is 10.9. The lowest BCUT2D eigenvalue weighted by Crippen LogP contribution is -2.18. The van der Waals surface area contributed by atoms with E-state index in [1.807, 2.05) is 0 Å². The first-order valence-corrected chi connectivity index (χ1v) is 4.78. The van der Waals surface area contributed by atoms with Crippen molar-refractivity contribution in [1.29, 1.82) is 0 Å². The van der Waals surface area contributed by atoms with Crippen LogP contribution in [0.2, 0.25) is 0 Å². The normalized spacial score (nSPS) is 21.1. The van der Waals surface area contributed by atoms with Crippen LogP contribution in [0.15, 0.2) is 0 Å². The number of hydrogen-bond acceptors (Lipinski definition) is 2. The average Bonchev–Trinajstić information content (AvgIpc) is 2.55. The molecule has 0 spiro atoms. The first-order valence-electron chi connectivity index (χ1n) is 4.78. The van der Waals surface area contributed by atoms with Gasteiger partial charge in [0.1, 0.15) is 6.29 Å². The molecule has 0 unspecified atom stereocenters. The molecule has 0 saturated heterocycles. The molecule has 1 rings (SSSR count). The molecular weight excluding hydrogens is 152 g/mol. The highest BCUT2D eigenvalue weighted by Gasteiger charge is 2.32. The number of ether oxygens (including phenoxy) is 1. The summed E-state index contributed by atoms with van der Waals surface area (Å²) in [5.74, 6) is 0. The zero-order valence-electron chi connectivity index (χ0n) is 7.84. The summed E-state index contributed by atoms with van der Waals surface area (Å²) in [6, 6.07) is 0. The van der Waals surface area contributed by atoms with Crippen LogP contribution >= 0.6 is 0 Å². The number of aldehydes is 1. The van der Waals surface area contributed by atoms with Crippen LogP contribution in [0, 0.1) is 5.41 Å². The molecule has 2 heteroatoms. The van der Waals surface area contributed by atoms with Gasteiger partial charge >= 0.3 is 0 Å². The molecule has 0 bridgehead atoms. The van der Waals surface area contributed by atoms with Gasteiger partial charge in [0.2, 0.25) is 0 Å². The molecule has 12 heavy (non-hydrogen) atoms. The van der Waals surface area contributed by atoms with E-state index in [-0.39, 0.29) is 5.41 Å². The van der Waals surface area contributed by atoms with E-state index in [2.05, 4.69) is 0 Å². The summed E-state index contributed by atoms with van der Waals surface area (Å²) >= 11 is 0. The Labute approximate surface area is 74.3 Å². The third kappa shape index (κ3) is 2.31. The third-order valence-corrected chi connectivity index (χ3v) is 2.87. The Balaban J connectivity index is 2.29. The van der Waals surface area contributed by atoms with E-state index >= 15 is 0 Å². The van der Waals surface area contributed by atoms with Crippen molar-refractivity contribution < 1.29 is 9.53 Å². The third-order valence-electron chi connectivity index (χ3n) is 2.87. The Bertz CT molecular complexity index is 137. The smallest absolute Gasteiger partial charge is 0.126 e. The monoisotopic (exact) mass is 170 g/mol. The van der Waals surface area contributed by atoms with Crippen LogP contribution < -0.4 is 0 Å². The van der Waals surface area contributed by atoms with Crippen LogP contribution in [-0.2, 0) is 9.53 Å². The van der Waals surface area contributed by atoms with Crippen molar-refractivity contribution in [3.63, 3.8) is 0 Å². The predicted octanol–water partition coefficient (Wildman–Crippen LogP) is 2.17. The van der Waals surface area contributed by atoms with Gasteiger partial charge < -0.3 is 9.53 Å². The van der Waals surface area contributed by atoms with Crippen molar-refractivity contribution in [2.45, 2.75) is 38.5 Å². The fourth-order valence-corrected chi connectivity index (χ4v) is 2.07. The van der Waals surface area contributed by atoms with Crippen molar-refractivity contribution >= 4 is 6.29 Å². The minimum absolute atomic E-state index is 0.0263. The Kier molecular flexibility index (Phi) is 3.73. The fourth-order valence-electron chi connectivity index (χ4n) is 2.07. The highest BCUT2D eigenvalue weighted by molar-refractivity contribution is 5.59. The van der Waals surface area contributed by atoms with Gasteiger partial charge in [-0.1, -0.05) is 12.8 Å². The second kappa shape index (κ2) is 4.61.